The van der Waals surface area contributed by atoms with Crippen LogP contribution < -0.4 is 0 Å². The van der Waals surface area contributed by atoms with Crippen LogP contribution in [0.4, 0.5) is 0 Å². The molecule has 184 valence electrons. The molecule has 0 radical (unpaired) electrons. The number of hydrogen-bond donors (Lipinski definition) is 6. The molecule has 0 rings (SSSR count). The van der Waals surface area contributed by atoms with Crippen LogP contribution in [0.25, 0.3) is 0 Å². The number of hydrogen-bond acceptors (Lipinski definition) is 2. The van der Waals surface area contributed by atoms with E-state index < -0.39 is 13.4 Å². The van der Waals surface area contributed by atoms with Crippen molar-refractivity contribution in [2.24, 2.45) is 0 Å². The maximum atomic E-state index is 7.56. The van der Waals surface area contributed by atoms with Crippen LogP contribution in [-0.2, 0) is 43.1 Å². The van der Waals surface area contributed by atoms with Crippen LogP contribution in [0.1, 0.15) is 112 Å². The second-order valence-electron chi connectivity index (χ2n) is 6.26. The van der Waals surface area contributed by atoms with Crippen LogP contribution in [0, 0.1) is 0 Å². The molecule has 0 aliphatic heterocycles. The Morgan fingerprint density at radius 3 is 0.733 bits per heavy atom. The average molecular weight is 564 g/mol. The molecule has 0 amide bonds. The Morgan fingerprint density at radius 2 is 0.667 bits per heavy atom. The van der Waals surface area contributed by atoms with E-state index in [0.717, 1.165) is 0 Å². The van der Waals surface area contributed by atoms with E-state index in [4.69, 9.17) is 29.4 Å². The Labute approximate surface area is 209 Å². The van der Waals surface area contributed by atoms with Crippen LogP contribution in [0.5, 0.6) is 0 Å². The third-order valence-electron chi connectivity index (χ3n) is 2.91. The van der Waals surface area contributed by atoms with Gasteiger partial charge in [-0.25, -0.2) is 0 Å². The largest absolute Gasteiger partial charge is 0.325 e. The Morgan fingerprint density at radius 1 is 0.567 bits per heavy atom. The quantitative estimate of drug-likeness (QED) is 0.0792. The van der Waals surface area contributed by atoms with Crippen molar-refractivity contribution < 1.29 is 48.8 Å². The van der Waals surface area contributed by atoms with E-state index in [0.29, 0.717) is 0 Å². The van der Waals surface area contributed by atoms with Crippen molar-refractivity contribution in [1.82, 2.24) is 0 Å². The fraction of sp³-hybridized carbons (Fsp3) is 0.895. The fourth-order valence-electron chi connectivity index (χ4n) is 1.71. The molecule has 0 aliphatic carbocycles. The molecule has 0 unspecified atom stereocenters. The summed E-state index contributed by atoms with van der Waals surface area (Å²) in [7, 11) is 0. The zero-order valence-electron chi connectivity index (χ0n) is 19.9. The second kappa shape index (κ2) is 37.7. The molecule has 0 bridgehead atoms. The van der Waals surface area contributed by atoms with Crippen LogP contribution in [0.15, 0.2) is 12.7 Å². The third kappa shape index (κ3) is 182. The van der Waals surface area contributed by atoms with E-state index in [2.05, 4.69) is 57.9 Å². The van der Waals surface area contributed by atoms with Crippen molar-refractivity contribution in [1.29, 1.82) is 0 Å². The summed E-state index contributed by atoms with van der Waals surface area (Å²) < 4.78 is 0. The van der Waals surface area contributed by atoms with E-state index >= 15 is 0 Å². The fourth-order valence-corrected chi connectivity index (χ4v) is 1.71. The molecule has 11 heteroatoms. The molecule has 0 saturated heterocycles. The summed E-state index contributed by atoms with van der Waals surface area (Å²) in [5.74, 6) is 0. The molecule has 6 N–H and O–H groups in total. The maximum absolute atomic E-state index is 7.56. The van der Waals surface area contributed by atoms with Gasteiger partial charge >= 0.3 is 13.4 Å². The molecule has 0 aromatic carbocycles. The molecule has 0 saturated carbocycles. The van der Waals surface area contributed by atoms with Crippen molar-refractivity contribution in [3.63, 3.8) is 0 Å². The molecule has 0 aromatic rings. The summed E-state index contributed by atoms with van der Waals surface area (Å²) in [6.07, 6.45) is 18.7. The van der Waals surface area contributed by atoms with Gasteiger partial charge in [0, 0.05) is 19.5 Å². The monoisotopic (exact) mass is 562 g/mol. The third-order valence-corrected chi connectivity index (χ3v) is 2.91. The molecule has 0 atom stereocenters. The van der Waals surface area contributed by atoms with Crippen LogP contribution in [0.3, 0.4) is 0 Å². The minimum Gasteiger partial charge on any atom is -0.325 e. The van der Waals surface area contributed by atoms with Gasteiger partial charge in [0.15, 0.2) is 0 Å². The van der Waals surface area contributed by atoms with E-state index in [-0.39, 0.29) is 19.5 Å². The van der Waals surface area contributed by atoms with Gasteiger partial charge in [0.05, 0.1) is 0 Å². The van der Waals surface area contributed by atoms with Crippen molar-refractivity contribution in [3.8, 4) is 0 Å². The second-order valence-corrected chi connectivity index (χ2v) is 11.3. The number of allylic oxidation sites excluding steroid dienone is 1. The minimum absolute atomic E-state index is 0. The Hall–Kier alpha value is 1.42. The summed E-state index contributed by atoms with van der Waals surface area (Å²) in [4.78, 5) is 45.3. The SMILES string of the molecule is C=CC.CCCCCCCC.CCCCCCCC.OP(O)(O)=S.OP(O)(O)=S.[Zn]. The first-order valence-corrected chi connectivity index (χ1v) is 15.7. The molecular weight excluding hydrogens is 516 g/mol. The van der Waals surface area contributed by atoms with Crippen LogP contribution >= 0.6 is 13.4 Å². The molecule has 30 heavy (non-hydrogen) atoms. The first-order valence-electron chi connectivity index (χ1n) is 10.4. The summed E-state index contributed by atoms with van der Waals surface area (Å²) >= 11 is 7.21. The van der Waals surface area contributed by atoms with E-state index in [9.17, 15) is 0 Å². The first-order chi connectivity index (χ1) is 13.2. The van der Waals surface area contributed by atoms with E-state index in [1.54, 1.807) is 6.08 Å². The zero-order chi connectivity index (χ0) is 24.2. The summed E-state index contributed by atoms with van der Waals surface area (Å²) in [5.41, 5.74) is 0. The topological polar surface area (TPSA) is 121 Å². The number of unbranched alkanes of at least 4 members (excludes halogenated alkanes) is 10. The van der Waals surface area contributed by atoms with Gasteiger partial charge in [-0.05, 0) is 30.5 Å². The van der Waals surface area contributed by atoms with Gasteiger partial charge in [0.1, 0.15) is 0 Å². The molecule has 0 fully saturated rings. The van der Waals surface area contributed by atoms with Crippen molar-refractivity contribution in [2.45, 2.75) is 112 Å². The van der Waals surface area contributed by atoms with Crippen molar-refractivity contribution >= 4 is 37.1 Å². The maximum Gasteiger partial charge on any atom is 0.319 e. The van der Waals surface area contributed by atoms with Gasteiger partial charge in [-0.1, -0.05) is 111 Å². The summed E-state index contributed by atoms with van der Waals surface area (Å²) in [5, 5.41) is 0. The van der Waals surface area contributed by atoms with Crippen molar-refractivity contribution in [3.05, 3.63) is 12.7 Å². The van der Waals surface area contributed by atoms with Gasteiger partial charge < -0.3 is 29.4 Å². The average Bonchev–Trinajstić information content (AvgIpc) is 2.54. The van der Waals surface area contributed by atoms with Crippen LogP contribution in [-0.4, -0.2) is 29.4 Å². The normalized spacial score (nSPS) is 9.57. The molecule has 0 aromatic heterocycles. The van der Waals surface area contributed by atoms with Gasteiger partial charge in [0.25, 0.3) is 0 Å². The standard InChI is InChI=1S/2C8H18.C3H6.2H3O3PS.Zn/c2*1-3-5-7-8-6-4-2;1-3-2;2*1-4(2,3)5;/h2*3-8H2,1-2H3;3H,1H2,2H3;2*(H3,1,2,3,5);. The molecule has 6 nitrogen and oxygen atoms in total. The minimum atomic E-state index is -3.81. The van der Waals surface area contributed by atoms with E-state index in [1.165, 1.54) is 77.0 Å². The smallest absolute Gasteiger partial charge is 0.319 e. The predicted molar refractivity (Wildman–Crippen MR) is 136 cm³/mol. The molecule has 0 heterocycles. The summed E-state index contributed by atoms with van der Waals surface area (Å²) in [6, 6.07) is 0. The van der Waals surface area contributed by atoms with Gasteiger partial charge in [-0.3, -0.25) is 0 Å². The first kappa shape index (κ1) is 45.0. The van der Waals surface area contributed by atoms with E-state index in [1.807, 2.05) is 6.92 Å². The van der Waals surface area contributed by atoms with Gasteiger partial charge in [0.2, 0.25) is 0 Å². The van der Waals surface area contributed by atoms with Gasteiger partial charge in [-0.15, -0.1) is 6.58 Å². The molecule has 0 spiro atoms. The molecule has 0 aliphatic rings. The van der Waals surface area contributed by atoms with Gasteiger partial charge in [-0.2, -0.15) is 0 Å². The summed E-state index contributed by atoms with van der Waals surface area (Å²) in [6.45, 7) is 6.66. The Kier molecular flexibility index (Phi) is 56.6. The van der Waals surface area contributed by atoms with Crippen LogP contribution in [0.2, 0.25) is 0 Å². The Balaban J connectivity index is -0.0000000618. The number of rotatable bonds is 10. The zero-order valence-corrected chi connectivity index (χ0v) is 26.3. The van der Waals surface area contributed by atoms with Crippen molar-refractivity contribution in [2.75, 3.05) is 0 Å². The predicted octanol–water partition coefficient (Wildman–Crippen LogP) is 6.30. The Bertz CT molecular complexity index is 320. The molecular formula is C19H48O6P2S2Zn.